The van der Waals surface area contributed by atoms with Gasteiger partial charge in [0.05, 0.1) is 26.6 Å². The fourth-order valence-electron chi connectivity index (χ4n) is 1.45. The van der Waals surface area contributed by atoms with Gasteiger partial charge in [-0.25, -0.2) is 0 Å². The molecule has 2 N–H and O–H groups in total. The molecule has 0 spiro atoms. The Hall–Kier alpha value is -1.26. The van der Waals surface area contributed by atoms with Crippen molar-refractivity contribution in [3.8, 4) is 0 Å². The van der Waals surface area contributed by atoms with E-state index in [1.165, 1.54) is 6.07 Å². The first kappa shape index (κ1) is 16.8. The van der Waals surface area contributed by atoms with Crippen LogP contribution in [-0.4, -0.2) is 22.5 Å². The van der Waals surface area contributed by atoms with Gasteiger partial charge in [-0.15, -0.1) is 0 Å². The predicted octanol–water partition coefficient (Wildman–Crippen LogP) is 3.61. The molecule has 0 aliphatic rings. The third-order valence-electron chi connectivity index (χ3n) is 3.72. The van der Waals surface area contributed by atoms with Crippen molar-refractivity contribution >= 4 is 35.1 Å². The highest BCUT2D eigenvalue weighted by Gasteiger charge is 2.44. The van der Waals surface area contributed by atoms with Gasteiger partial charge in [0.15, 0.2) is 0 Å². The van der Waals surface area contributed by atoms with Crippen molar-refractivity contribution in [2.75, 3.05) is 0 Å². The number of benzene rings is 1. The zero-order valence-electron chi connectivity index (χ0n) is 11.8. The van der Waals surface area contributed by atoms with E-state index in [-0.39, 0.29) is 15.6 Å². The summed E-state index contributed by atoms with van der Waals surface area (Å²) in [6.45, 7) is 6.40. The quantitative estimate of drug-likeness (QED) is 0.891. The first-order chi connectivity index (χ1) is 9.00. The van der Waals surface area contributed by atoms with E-state index in [2.05, 4.69) is 5.32 Å². The van der Waals surface area contributed by atoms with E-state index in [9.17, 15) is 14.7 Å². The van der Waals surface area contributed by atoms with Crippen molar-refractivity contribution in [2.45, 2.75) is 33.2 Å². The molecule has 0 bridgehead atoms. The molecule has 1 aromatic carbocycles. The first-order valence-electron chi connectivity index (χ1n) is 6.00. The van der Waals surface area contributed by atoms with E-state index in [1.807, 2.05) is 0 Å². The minimum atomic E-state index is -1.15. The van der Waals surface area contributed by atoms with Gasteiger partial charge >= 0.3 is 5.97 Å². The number of amides is 1. The predicted molar refractivity (Wildman–Crippen MR) is 79.4 cm³/mol. The van der Waals surface area contributed by atoms with Gasteiger partial charge in [-0.05, 0) is 39.8 Å². The Balaban J connectivity index is 3.07. The normalized spacial score (nSPS) is 12.1. The minimum absolute atomic E-state index is 0.149. The Bertz CT molecular complexity index is 553. The van der Waals surface area contributed by atoms with Crippen LogP contribution in [0.5, 0.6) is 0 Å². The Morgan fingerprint density at radius 1 is 1.15 bits per heavy atom. The Morgan fingerprint density at radius 2 is 1.70 bits per heavy atom. The topological polar surface area (TPSA) is 66.4 Å². The molecule has 0 aliphatic heterocycles. The number of carbonyl (C=O) groups is 2. The van der Waals surface area contributed by atoms with Crippen LogP contribution in [0.4, 0.5) is 0 Å². The molecule has 1 amide bonds. The molecule has 4 nitrogen and oxygen atoms in total. The summed E-state index contributed by atoms with van der Waals surface area (Å²) in [5, 5.41) is 12.4. The van der Waals surface area contributed by atoms with Crippen molar-refractivity contribution in [1.82, 2.24) is 5.32 Å². The van der Waals surface area contributed by atoms with Gasteiger partial charge in [0.1, 0.15) is 0 Å². The number of carbonyl (C=O) groups excluding carboxylic acids is 1. The number of hydrogen-bond donors (Lipinski definition) is 2. The molecule has 0 fully saturated rings. The fraction of sp³-hybridized carbons (Fsp3) is 0.429. The maximum atomic E-state index is 12.3. The summed E-state index contributed by atoms with van der Waals surface area (Å²) in [6, 6.07) is 4.72. The summed E-state index contributed by atoms with van der Waals surface area (Å²) >= 11 is 11.8. The van der Waals surface area contributed by atoms with Crippen LogP contribution in [0.3, 0.4) is 0 Å². The SMILES string of the molecule is CC(C)(NC(=O)c1cccc(Cl)c1Cl)C(C)(C)C(=O)O. The molecule has 0 atom stereocenters. The van der Waals surface area contributed by atoms with E-state index in [1.54, 1.807) is 39.8 Å². The third kappa shape index (κ3) is 3.07. The number of aliphatic carboxylic acids is 1. The lowest BCUT2D eigenvalue weighted by Crippen LogP contribution is -2.57. The second-order valence-electron chi connectivity index (χ2n) is 5.61. The van der Waals surface area contributed by atoms with Gasteiger partial charge < -0.3 is 10.4 Å². The Morgan fingerprint density at radius 3 is 2.20 bits per heavy atom. The van der Waals surface area contributed by atoms with Crippen LogP contribution in [0, 0.1) is 5.41 Å². The summed E-state index contributed by atoms with van der Waals surface area (Å²) in [6.07, 6.45) is 0. The molecule has 0 aliphatic carbocycles. The molecule has 0 radical (unpaired) electrons. The highest BCUT2D eigenvalue weighted by molar-refractivity contribution is 6.43. The van der Waals surface area contributed by atoms with Gasteiger partial charge in [-0.1, -0.05) is 29.3 Å². The van der Waals surface area contributed by atoms with E-state index < -0.39 is 22.8 Å². The average molecular weight is 318 g/mol. The molecular weight excluding hydrogens is 301 g/mol. The number of halogens is 2. The smallest absolute Gasteiger partial charge is 0.311 e. The molecule has 110 valence electrons. The number of rotatable bonds is 4. The molecule has 6 heteroatoms. The van der Waals surface area contributed by atoms with Gasteiger partial charge in [-0.3, -0.25) is 9.59 Å². The second-order valence-corrected chi connectivity index (χ2v) is 6.40. The van der Waals surface area contributed by atoms with Crippen LogP contribution in [0.15, 0.2) is 18.2 Å². The molecule has 0 saturated carbocycles. The number of nitrogens with one attached hydrogen (secondary N) is 1. The molecular formula is C14H17Cl2NO3. The van der Waals surface area contributed by atoms with Crippen LogP contribution in [0.1, 0.15) is 38.1 Å². The van der Waals surface area contributed by atoms with Crippen LogP contribution in [0.2, 0.25) is 10.0 Å². The Kier molecular flexibility index (Phi) is 4.72. The van der Waals surface area contributed by atoms with Crippen molar-refractivity contribution in [3.05, 3.63) is 33.8 Å². The summed E-state index contributed by atoms with van der Waals surface area (Å²) in [5.74, 6) is -1.46. The summed E-state index contributed by atoms with van der Waals surface area (Å²) in [7, 11) is 0. The van der Waals surface area contributed by atoms with Crippen molar-refractivity contribution in [3.63, 3.8) is 0 Å². The van der Waals surface area contributed by atoms with Gasteiger partial charge in [0, 0.05) is 0 Å². The molecule has 0 saturated heterocycles. The monoisotopic (exact) mass is 317 g/mol. The molecule has 0 aromatic heterocycles. The largest absolute Gasteiger partial charge is 0.481 e. The van der Waals surface area contributed by atoms with Gasteiger partial charge in [-0.2, -0.15) is 0 Å². The lowest BCUT2D eigenvalue weighted by Gasteiger charge is -2.38. The summed E-state index contributed by atoms with van der Waals surface area (Å²) < 4.78 is 0. The van der Waals surface area contributed by atoms with E-state index in [4.69, 9.17) is 23.2 Å². The minimum Gasteiger partial charge on any atom is -0.481 e. The van der Waals surface area contributed by atoms with Crippen LogP contribution < -0.4 is 5.32 Å². The average Bonchev–Trinajstić information content (AvgIpc) is 2.31. The maximum Gasteiger partial charge on any atom is 0.311 e. The fourth-order valence-corrected chi connectivity index (χ4v) is 1.84. The zero-order valence-corrected chi connectivity index (χ0v) is 13.3. The van der Waals surface area contributed by atoms with Crippen molar-refractivity contribution in [1.29, 1.82) is 0 Å². The number of carboxylic acids is 1. The summed E-state index contributed by atoms with van der Waals surface area (Å²) in [4.78, 5) is 23.6. The number of hydrogen-bond acceptors (Lipinski definition) is 2. The maximum absolute atomic E-state index is 12.3. The molecule has 0 unspecified atom stereocenters. The molecule has 0 heterocycles. The molecule has 20 heavy (non-hydrogen) atoms. The van der Waals surface area contributed by atoms with Crippen molar-refractivity contribution in [2.24, 2.45) is 5.41 Å². The van der Waals surface area contributed by atoms with Crippen LogP contribution in [0.25, 0.3) is 0 Å². The zero-order chi connectivity index (χ0) is 15.7. The highest BCUT2D eigenvalue weighted by Crippen LogP contribution is 2.32. The van der Waals surface area contributed by atoms with E-state index >= 15 is 0 Å². The van der Waals surface area contributed by atoms with Gasteiger partial charge in [0.25, 0.3) is 5.91 Å². The van der Waals surface area contributed by atoms with Crippen LogP contribution in [-0.2, 0) is 4.79 Å². The van der Waals surface area contributed by atoms with Crippen molar-refractivity contribution < 1.29 is 14.7 Å². The summed E-state index contributed by atoms with van der Waals surface area (Å²) in [5.41, 5.74) is -1.90. The lowest BCUT2D eigenvalue weighted by atomic mass is 9.74. The molecule has 1 rings (SSSR count). The second kappa shape index (κ2) is 5.62. The van der Waals surface area contributed by atoms with Crippen LogP contribution >= 0.6 is 23.2 Å². The van der Waals surface area contributed by atoms with E-state index in [0.29, 0.717) is 0 Å². The Labute approximate surface area is 128 Å². The highest BCUT2D eigenvalue weighted by atomic mass is 35.5. The third-order valence-corrected chi connectivity index (χ3v) is 4.54. The number of carboxylic acid groups (broad SMARTS) is 1. The molecule has 1 aromatic rings. The lowest BCUT2D eigenvalue weighted by molar-refractivity contribution is -0.150. The standard InChI is InChI=1S/C14H17Cl2NO3/c1-13(2,12(19)20)14(3,4)17-11(18)8-6-5-7-9(15)10(8)16/h5-7H,1-4H3,(H,17,18)(H,19,20). The van der Waals surface area contributed by atoms with Gasteiger partial charge in [0.2, 0.25) is 0 Å². The van der Waals surface area contributed by atoms with E-state index in [0.717, 1.165) is 0 Å². The first-order valence-corrected chi connectivity index (χ1v) is 6.76.